The second-order valence-corrected chi connectivity index (χ2v) is 8.86. The van der Waals surface area contributed by atoms with E-state index in [1.807, 2.05) is 11.8 Å². The highest BCUT2D eigenvalue weighted by Crippen LogP contribution is 2.64. The lowest BCUT2D eigenvalue weighted by Crippen LogP contribution is -2.28. The number of nitrogens with one attached hydrogen (secondary N) is 1. The lowest BCUT2D eigenvalue weighted by atomic mass is 10.0. The molecule has 0 spiro atoms. The minimum absolute atomic E-state index is 0.0214. The average molecular weight is 474 g/mol. The third kappa shape index (κ3) is 4.59. The molecule has 2 aromatic rings. The number of benzene rings is 1. The molecule has 9 nitrogen and oxygen atoms in total. The van der Waals surface area contributed by atoms with Gasteiger partial charge in [-0.1, -0.05) is 25.8 Å². The van der Waals surface area contributed by atoms with E-state index in [9.17, 15) is 22.3 Å². The van der Waals surface area contributed by atoms with Gasteiger partial charge in [0.15, 0.2) is 0 Å². The summed E-state index contributed by atoms with van der Waals surface area (Å²) in [6.45, 7) is 3.34. The van der Waals surface area contributed by atoms with Crippen molar-refractivity contribution in [2.45, 2.75) is 25.3 Å². The summed E-state index contributed by atoms with van der Waals surface area (Å²) in [5.41, 5.74) is -3.25. The van der Waals surface area contributed by atoms with Crippen LogP contribution in [0.5, 0.6) is 0 Å². The molecule has 0 saturated heterocycles. The molecule has 1 aromatic heterocycles. The minimum atomic E-state index is -5.29. The van der Waals surface area contributed by atoms with Gasteiger partial charge in [-0.25, -0.2) is 0 Å². The minimum Gasteiger partial charge on any atom is -0.570 e. The van der Waals surface area contributed by atoms with E-state index in [1.54, 1.807) is 37.8 Å². The van der Waals surface area contributed by atoms with Gasteiger partial charge in [-0.3, -0.25) is 0 Å². The summed E-state index contributed by atoms with van der Waals surface area (Å²) in [7, 11) is -0.167. The summed E-state index contributed by atoms with van der Waals surface area (Å²) >= 11 is 0. The third-order valence-electron chi connectivity index (χ3n) is 5.23. The highest BCUT2D eigenvalue weighted by Gasteiger charge is 2.39. The van der Waals surface area contributed by atoms with Crippen LogP contribution in [0.4, 0.5) is 47.6 Å². The van der Waals surface area contributed by atoms with Gasteiger partial charge in [0.1, 0.15) is 0 Å². The molecule has 13 heteroatoms. The fourth-order valence-corrected chi connectivity index (χ4v) is 4.11. The third-order valence-corrected chi connectivity index (χ3v) is 6.30. The number of rotatable bonds is 7. The number of fused-ring (bicyclic) bond motifs is 1. The monoisotopic (exact) mass is 473 g/mol. The van der Waals surface area contributed by atoms with Crippen LogP contribution in [0, 0.1) is 0 Å². The molecule has 0 bridgehead atoms. The molecule has 1 aliphatic rings. The van der Waals surface area contributed by atoms with Gasteiger partial charge in [-0.2, -0.15) is 34.2 Å². The Balaban J connectivity index is 2.08. The van der Waals surface area contributed by atoms with E-state index >= 15 is 0 Å². The molecular formula is C19H26F3N7O2S-2. The van der Waals surface area contributed by atoms with Crippen molar-refractivity contribution >= 4 is 45.2 Å². The highest BCUT2D eigenvalue weighted by atomic mass is 32.3. The Morgan fingerprint density at radius 3 is 2.50 bits per heavy atom. The number of azo groups is 1. The van der Waals surface area contributed by atoms with Gasteiger partial charge >= 0.3 is 5.51 Å². The molecule has 0 amide bonds. The van der Waals surface area contributed by atoms with Crippen LogP contribution in [0.2, 0.25) is 0 Å². The maximum absolute atomic E-state index is 13.1. The van der Waals surface area contributed by atoms with Crippen LogP contribution in [0.3, 0.4) is 0 Å². The van der Waals surface area contributed by atoms with Gasteiger partial charge < -0.3 is 33.9 Å². The van der Waals surface area contributed by atoms with E-state index in [-0.39, 0.29) is 11.4 Å². The Kier molecular flexibility index (Phi) is 6.81. The lowest BCUT2D eigenvalue weighted by Gasteiger charge is -2.47. The summed E-state index contributed by atoms with van der Waals surface area (Å²) in [4.78, 5) is 2.00. The van der Waals surface area contributed by atoms with E-state index in [4.69, 9.17) is 0 Å². The normalized spacial score (nSPS) is 15.1. The predicted octanol–water partition coefficient (Wildman–Crippen LogP) is 7.08. The van der Waals surface area contributed by atoms with E-state index in [0.29, 0.717) is 29.6 Å². The largest absolute Gasteiger partial charge is 0.570 e. The maximum Gasteiger partial charge on any atom is 0.483 e. The van der Waals surface area contributed by atoms with Gasteiger partial charge in [-0.05, 0) is 43.3 Å². The second kappa shape index (κ2) is 9.08. The van der Waals surface area contributed by atoms with Crippen LogP contribution in [0.1, 0.15) is 18.9 Å². The summed E-state index contributed by atoms with van der Waals surface area (Å²) in [6, 6.07) is 4.73. The molecule has 178 valence electrons. The Morgan fingerprint density at radius 1 is 1.22 bits per heavy atom. The number of aryl methyl sites for hydroxylation is 1. The van der Waals surface area contributed by atoms with Gasteiger partial charge in [0.2, 0.25) is 0 Å². The zero-order valence-corrected chi connectivity index (χ0v) is 19.0. The van der Waals surface area contributed by atoms with Crippen LogP contribution >= 0.6 is 10.8 Å². The number of aromatic nitrogens is 1. The highest BCUT2D eigenvalue weighted by molar-refractivity contribution is 8.27. The first-order valence-electron chi connectivity index (χ1n) is 9.90. The van der Waals surface area contributed by atoms with Crippen LogP contribution in [0.25, 0.3) is 10.0 Å². The first-order valence-corrected chi connectivity index (χ1v) is 11.4. The number of halogens is 3. The second-order valence-electron chi connectivity index (χ2n) is 7.18. The molecule has 3 N–H and O–H groups in total. The lowest BCUT2D eigenvalue weighted by molar-refractivity contribution is -0.0513. The molecule has 1 aromatic carbocycles. The van der Waals surface area contributed by atoms with Crippen molar-refractivity contribution < 1.29 is 22.3 Å². The van der Waals surface area contributed by atoms with Crippen molar-refractivity contribution in [1.82, 2.24) is 4.57 Å². The first-order chi connectivity index (χ1) is 15.0. The molecule has 0 fully saturated rings. The van der Waals surface area contributed by atoms with E-state index < -0.39 is 16.3 Å². The van der Waals surface area contributed by atoms with Gasteiger partial charge in [0.05, 0.1) is 11.5 Å². The summed E-state index contributed by atoms with van der Waals surface area (Å²) in [5, 5.41) is 15.5. The van der Waals surface area contributed by atoms with Gasteiger partial charge in [0.25, 0.3) is 0 Å². The van der Waals surface area contributed by atoms with Crippen LogP contribution in [-0.4, -0.2) is 46.4 Å². The van der Waals surface area contributed by atoms with Crippen molar-refractivity contribution in [1.29, 1.82) is 0 Å². The number of alkyl halides is 3. The first kappa shape index (κ1) is 24.0. The van der Waals surface area contributed by atoms with E-state index in [0.717, 1.165) is 24.9 Å². The van der Waals surface area contributed by atoms with E-state index in [1.165, 1.54) is 6.07 Å². The smallest absolute Gasteiger partial charge is 0.483 e. The fourth-order valence-electron chi connectivity index (χ4n) is 3.59. The molecule has 0 saturated carbocycles. The summed E-state index contributed by atoms with van der Waals surface area (Å²) in [6.07, 6.45) is 1.60. The van der Waals surface area contributed by atoms with Crippen LogP contribution in [-0.2, 0) is 13.5 Å². The van der Waals surface area contributed by atoms with Crippen molar-refractivity contribution in [2.24, 2.45) is 17.3 Å². The Labute approximate surface area is 186 Å². The maximum atomic E-state index is 13.1. The van der Waals surface area contributed by atoms with Crippen molar-refractivity contribution in [3.05, 3.63) is 33.8 Å². The molecular weight excluding hydrogens is 447 g/mol. The molecule has 0 unspecified atom stereocenters. The van der Waals surface area contributed by atoms with Gasteiger partial charge in [-0.15, -0.1) is 0 Å². The molecule has 0 atom stereocenters. The molecule has 32 heavy (non-hydrogen) atoms. The standard InChI is InChI=1S/C19H26F3N7O2S/c1-5-29-8-6-7-12-9-13(14(10-16(12)29)27-32(30,31)19(20,21)22)25-26-17-11-15(23-2)18(24-3)28(17)4/h9-11,23,30-31H,5-8H2,1-4H3/q-2. The van der Waals surface area contributed by atoms with Crippen molar-refractivity contribution in [3.8, 4) is 0 Å². The Morgan fingerprint density at radius 2 is 1.94 bits per heavy atom. The van der Waals surface area contributed by atoms with Crippen LogP contribution in [0.15, 0.2) is 28.4 Å². The average Bonchev–Trinajstić information content (AvgIpc) is 3.05. The van der Waals surface area contributed by atoms with Gasteiger partial charge in [0, 0.05) is 31.5 Å². The van der Waals surface area contributed by atoms with Crippen molar-refractivity contribution in [2.75, 3.05) is 37.4 Å². The molecule has 1 aliphatic heterocycles. The fraction of sp³-hybridized carbons (Fsp3) is 0.474. The van der Waals surface area contributed by atoms with Crippen LogP contribution < -0.4 is 10.2 Å². The summed E-state index contributed by atoms with van der Waals surface area (Å²) < 4.78 is 63.6. The molecule has 3 rings (SSSR count). The molecule has 0 radical (unpaired) electrons. The number of nitrogens with zero attached hydrogens (tertiary/aromatic N) is 6. The zero-order chi connectivity index (χ0) is 23.7. The topological polar surface area (TPSA) is 114 Å². The SMILES string of the molecule is CCN1CCCc2cc(N=Nc3cc(NC)c([N-]C)n3C)c([N-]S(O)(O)C(F)(F)F)cc21. The quantitative estimate of drug-likeness (QED) is 0.373. The molecule has 0 aliphatic carbocycles. The van der Waals surface area contributed by atoms with E-state index in [2.05, 4.69) is 25.6 Å². The number of anilines is 2. The summed E-state index contributed by atoms with van der Waals surface area (Å²) in [5.74, 6) is 1.04. The molecule has 2 heterocycles. The number of hydrogen-bond acceptors (Lipinski definition) is 6. The van der Waals surface area contributed by atoms with Crippen molar-refractivity contribution in [3.63, 3.8) is 0 Å². The predicted molar refractivity (Wildman–Crippen MR) is 123 cm³/mol. The Bertz CT molecular complexity index is 1010. The number of hydrogen-bond donors (Lipinski definition) is 3. The zero-order valence-electron chi connectivity index (χ0n) is 18.2. The Hall–Kier alpha value is -2.64.